The van der Waals surface area contributed by atoms with E-state index in [4.69, 9.17) is 0 Å². The largest absolute Gasteiger partial charge is 0.338 e. The molecule has 2 aliphatic rings. The Morgan fingerprint density at radius 1 is 1.18 bits per heavy atom. The second kappa shape index (κ2) is 6.85. The summed E-state index contributed by atoms with van der Waals surface area (Å²) < 4.78 is 0. The molecule has 1 aromatic carbocycles. The van der Waals surface area contributed by atoms with Gasteiger partial charge in [-0.2, -0.15) is 0 Å². The zero-order valence-corrected chi connectivity index (χ0v) is 16.0. The number of imide groups is 1. The summed E-state index contributed by atoms with van der Waals surface area (Å²) in [5.41, 5.74) is 0.903. The molecule has 2 aliphatic heterocycles. The zero-order valence-electron chi connectivity index (χ0n) is 16.0. The number of aromatic nitrogens is 2. The Morgan fingerprint density at radius 3 is 2.61 bits per heavy atom. The molecule has 0 radical (unpaired) electrons. The summed E-state index contributed by atoms with van der Waals surface area (Å²) in [4.78, 5) is 49.9. The number of nitrogens with zero attached hydrogens (tertiary/aromatic N) is 4. The molecule has 146 valence electrons. The fourth-order valence-electron chi connectivity index (χ4n) is 4.13. The van der Waals surface area contributed by atoms with Crippen LogP contribution in [-0.2, 0) is 4.79 Å². The fraction of sp³-hybridized carbons (Fsp3) is 0.450. The lowest BCUT2D eigenvalue weighted by Gasteiger charge is -2.42. The van der Waals surface area contributed by atoms with Gasteiger partial charge in [-0.25, -0.2) is 4.79 Å². The minimum atomic E-state index is -0.851. The third kappa shape index (κ3) is 2.89. The third-order valence-electron chi connectivity index (χ3n) is 5.56. The van der Waals surface area contributed by atoms with E-state index in [1.165, 1.54) is 0 Å². The lowest BCUT2D eigenvalue weighted by atomic mass is 9.85. The first-order valence-corrected chi connectivity index (χ1v) is 9.54. The number of hydrogen-bond acceptors (Lipinski definition) is 5. The van der Waals surface area contributed by atoms with Crippen LogP contribution in [0.3, 0.4) is 0 Å². The van der Waals surface area contributed by atoms with Crippen LogP contribution in [0.2, 0.25) is 0 Å². The van der Waals surface area contributed by atoms with Crippen molar-refractivity contribution in [2.24, 2.45) is 5.92 Å². The van der Waals surface area contributed by atoms with Crippen LogP contribution in [0.25, 0.3) is 11.0 Å². The van der Waals surface area contributed by atoms with Gasteiger partial charge in [0, 0.05) is 32.0 Å². The van der Waals surface area contributed by atoms with Crippen molar-refractivity contribution in [2.45, 2.75) is 32.2 Å². The smallest absolute Gasteiger partial charge is 0.325 e. The first-order valence-electron chi connectivity index (χ1n) is 9.54. The molecule has 4 rings (SSSR count). The molecule has 28 heavy (non-hydrogen) atoms. The Morgan fingerprint density at radius 2 is 1.89 bits per heavy atom. The molecule has 2 fully saturated rings. The van der Waals surface area contributed by atoms with Crippen LogP contribution in [0.5, 0.6) is 0 Å². The van der Waals surface area contributed by atoms with Crippen LogP contribution in [0.1, 0.15) is 37.0 Å². The number of fused-ring (bicyclic) bond motifs is 1. The molecule has 1 aromatic heterocycles. The highest BCUT2D eigenvalue weighted by Gasteiger charge is 2.54. The molecule has 0 aliphatic carbocycles. The molecule has 2 saturated heterocycles. The van der Waals surface area contributed by atoms with Gasteiger partial charge in [-0.1, -0.05) is 19.9 Å². The number of benzene rings is 1. The maximum atomic E-state index is 13.1. The topological polar surface area (TPSA) is 95.5 Å². The van der Waals surface area contributed by atoms with Gasteiger partial charge in [0.25, 0.3) is 11.8 Å². The van der Waals surface area contributed by atoms with Gasteiger partial charge in [0.1, 0.15) is 11.1 Å². The van der Waals surface area contributed by atoms with Crippen LogP contribution in [0.4, 0.5) is 4.79 Å². The third-order valence-corrected chi connectivity index (χ3v) is 5.56. The minimum Gasteiger partial charge on any atom is -0.338 e. The van der Waals surface area contributed by atoms with E-state index in [-0.39, 0.29) is 23.8 Å². The van der Waals surface area contributed by atoms with E-state index in [1.807, 2.05) is 19.9 Å². The summed E-state index contributed by atoms with van der Waals surface area (Å²) in [6.45, 7) is 5.37. The molecular weight excluding hydrogens is 358 g/mol. The quantitative estimate of drug-likeness (QED) is 0.818. The number of para-hydroxylation sites is 1. The fourth-order valence-corrected chi connectivity index (χ4v) is 4.13. The Kier molecular flexibility index (Phi) is 4.49. The van der Waals surface area contributed by atoms with Gasteiger partial charge >= 0.3 is 6.03 Å². The number of likely N-dealkylation sites (tertiary alicyclic amines) is 1. The molecule has 8 nitrogen and oxygen atoms in total. The van der Waals surface area contributed by atoms with Gasteiger partial charge in [-0.05, 0) is 30.9 Å². The van der Waals surface area contributed by atoms with Crippen molar-refractivity contribution in [3.05, 3.63) is 36.2 Å². The minimum absolute atomic E-state index is 0.124. The summed E-state index contributed by atoms with van der Waals surface area (Å²) in [5.74, 6) is -0.121. The van der Waals surface area contributed by atoms with E-state index in [1.54, 1.807) is 34.3 Å². The number of rotatable bonds is 3. The second-order valence-corrected chi connectivity index (χ2v) is 7.82. The summed E-state index contributed by atoms with van der Waals surface area (Å²) in [6, 6.07) is 5.04. The van der Waals surface area contributed by atoms with E-state index in [0.29, 0.717) is 49.1 Å². The van der Waals surface area contributed by atoms with E-state index in [9.17, 15) is 14.4 Å². The van der Waals surface area contributed by atoms with Gasteiger partial charge in [0.05, 0.1) is 11.1 Å². The first kappa shape index (κ1) is 18.3. The van der Waals surface area contributed by atoms with Crippen molar-refractivity contribution < 1.29 is 14.4 Å². The molecule has 0 saturated carbocycles. The van der Waals surface area contributed by atoms with Crippen LogP contribution >= 0.6 is 0 Å². The molecule has 0 bridgehead atoms. The predicted octanol–water partition coefficient (Wildman–Crippen LogP) is 1.81. The van der Waals surface area contributed by atoms with Crippen LogP contribution in [0.15, 0.2) is 30.6 Å². The van der Waals surface area contributed by atoms with Gasteiger partial charge < -0.3 is 9.80 Å². The Labute approximate surface area is 162 Å². The molecule has 2 aromatic rings. The van der Waals surface area contributed by atoms with Crippen molar-refractivity contribution in [3.63, 3.8) is 0 Å². The van der Waals surface area contributed by atoms with Crippen molar-refractivity contribution >= 4 is 28.9 Å². The average Bonchev–Trinajstić information content (AvgIpc) is 2.91. The van der Waals surface area contributed by atoms with Crippen molar-refractivity contribution in [1.29, 1.82) is 0 Å². The SMILES string of the molecule is CC(C)CN1C(=O)NC(=O)C12CCN(C(=O)c1cccc3nccnc13)CC2. The number of hydrogen-bond donors (Lipinski definition) is 1. The van der Waals surface area contributed by atoms with Gasteiger partial charge in [0.2, 0.25) is 0 Å². The summed E-state index contributed by atoms with van der Waals surface area (Å²) >= 11 is 0. The zero-order chi connectivity index (χ0) is 19.9. The summed E-state index contributed by atoms with van der Waals surface area (Å²) in [7, 11) is 0. The second-order valence-electron chi connectivity index (χ2n) is 7.82. The standard InChI is InChI=1S/C20H23N5O3/c1-13(2)12-25-19(28)23-18(27)20(25)6-10-24(11-7-20)17(26)14-4-3-5-15-16(14)22-9-8-21-15/h3-5,8-9,13H,6-7,10-12H2,1-2H3,(H,23,27,28). The van der Waals surface area contributed by atoms with Gasteiger partial charge in [0.15, 0.2) is 0 Å². The molecular formula is C20H23N5O3. The Bertz CT molecular complexity index is 945. The van der Waals surface area contributed by atoms with Crippen LogP contribution in [-0.4, -0.2) is 62.8 Å². The highest BCUT2D eigenvalue weighted by atomic mass is 16.2. The number of piperidine rings is 1. The van der Waals surface area contributed by atoms with Crippen molar-refractivity contribution in [1.82, 2.24) is 25.1 Å². The Hall–Kier alpha value is -3.03. The lowest BCUT2D eigenvalue weighted by molar-refractivity contribution is -0.129. The van der Waals surface area contributed by atoms with Crippen LogP contribution in [0, 0.1) is 5.92 Å². The van der Waals surface area contributed by atoms with Crippen molar-refractivity contribution in [3.8, 4) is 0 Å². The maximum absolute atomic E-state index is 13.1. The Balaban J connectivity index is 1.56. The number of carbonyl (C=O) groups excluding carboxylic acids is 3. The first-order chi connectivity index (χ1) is 13.4. The highest BCUT2D eigenvalue weighted by Crippen LogP contribution is 2.34. The van der Waals surface area contributed by atoms with Gasteiger partial charge in [-0.15, -0.1) is 0 Å². The summed E-state index contributed by atoms with van der Waals surface area (Å²) in [6.07, 6.45) is 4.03. The molecule has 0 atom stereocenters. The predicted molar refractivity (Wildman–Crippen MR) is 102 cm³/mol. The number of nitrogens with one attached hydrogen (secondary N) is 1. The molecule has 4 amide bonds. The molecule has 0 unspecified atom stereocenters. The number of urea groups is 1. The molecule has 3 heterocycles. The van der Waals surface area contributed by atoms with Crippen molar-refractivity contribution in [2.75, 3.05) is 19.6 Å². The molecule has 8 heteroatoms. The number of amides is 4. The van der Waals surface area contributed by atoms with Crippen LogP contribution < -0.4 is 5.32 Å². The number of carbonyl (C=O) groups is 3. The summed E-state index contributed by atoms with van der Waals surface area (Å²) in [5, 5.41) is 2.46. The highest BCUT2D eigenvalue weighted by molar-refractivity contribution is 6.08. The van der Waals surface area contributed by atoms with Gasteiger partial charge in [-0.3, -0.25) is 24.9 Å². The average molecular weight is 381 g/mol. The van der Waals surface area contributed by atoms with E-state index < -0.39 is 5.54 Å². The van der Waals surface area contributed by atoms with E-state index in [0.717, 1.165) is 0 Å². The van der Waals surface area contributed by atoms with E-state index >= 15 is 0 Å². The maximum Gasteiger partial charge on any atom is 0.325 e. The molecule has 1 spiro atoms. The lowest BCUT2D eigenvalue weighted by Crippen LogP contribution is -2.58. The van der Waals surface area contributed by atoms with E-state index in [2.05, 4.69) is 15.3 Å². The normalized spacial score (nSPS) is 19.0. The molecule has 1 N–H and O–H groups in total. The monoisotopic (exact) mass is 381 g/mol.